The highest BCUT2D eigenvalue weighted by molar-refractivity contribution is 6.31. The van der Waals surface area contributed by atoms with Crippen molar-refractivity contribution in [3.8, 4) is 0 Å². The van der Waals surface area contributed by atoms with E-state index >= 15 is 0 Å². The van der Waals surface area contributed by atoms with Gasteiger partial charge in [-0.2, -0.15) is 0 Å². The Kier molecular flexibility index (Phi) is 5.49. The molecule has 1 aliphatic carbocycles. The molecule has 1 amide bonds. The zero-order valence-electron chi connectivity index (χ0n) is 13.8. The van der Waals surface area contributed by atoms with Gasteiger partial charge in [0, 0.05) is 23.7 Å². The Morgan fingerprint density at radius 1 is 1.27 bits per heavy atom. The van der Waals surface area contributed by atoms with E-state index in [1.54, 1.807) is 12.1 Å². The number of nitro benzene ring substituents is 1. The van der Waals surface area contributed by atoms with Gasteiger partial charge in [0.1, 0.15) is 11.5 Å². The fraction of sp³-hybridized carbons (Fsp3) is 0.278. The van der Waals surface area contributed by atoms with Crippen LogP contribution in [0.4, 0.5) is 15.8 Å². The zero-order valence-corrected chi connectivity index (χ0v) is 14.6. The second-order valence-electron chi connectivity index (χ2n) is 6.23. The van der Waals surface area contributed by atoms with Gasteiger partial charge in [-0.1, -0.05) is 23.7 Å². The predicted octanol–water partition coefficient (Wildman–Crippen LogP) is 3.99. The molecule has 0 aliphatic heterocycles. The molecule has 0 spiro atoms. The van der Waals surface area contributed by atoms with Crippen molar-refractivity contribution in [2.75, 3.05) is 11.9 Å². The summed E-state index contributed by atoms with van der Waals surface area (Å²) in [7, 11) is 0. The minimum atomic E-state index is -0.566. The maximum atomic E-state index is 13.0. The van der Waals surface area contributed by atoms with Gasteiger partial charge in [0.05, 0.1) is 11.5 Å². The highest BCUT2D eigenvalue weighted by atomic mass is 35.5. The highest BCUT2D eigenvalue weighted by Crippen LogP contribution is 2.30. The zero-order chi connectivity index (χ0) is 18.7. The number of hydrogen-bond donors (Lipinski definition) is 1. The monoisotopic (exact) mass is 377 g/mol. The van der Waals surface area contributed by atoms with Gasteiger partial charge in [-0.3, -0.25) is 19.8 Å². The maximum Gasteiger partial charge on any atom is 0.292 e. The summed E-state index contributed by atoms with van der Waals surface area (Å²) in [5, 5.41) is 14.0. The van der Waals surface area contributed by atoms with E-state index < -0.39 is 4.92 Å². The SMILES string of the molecule is O=C(CN(Cc1ccc(F)cc1)C1CC1)Nc1cc(Cl)ccc1[N+](=O)[O-]. The van der Waals surface area contributed by atoms with Crippen LogP contribution in [0, 0.1) is 15.9 Å². The maximum absolute atomic E-state index is 13.0. The smallest absolute Gasteiger partial charge is 0.292 e. The Bertz CT molecular complexity index is 825. The van der Waals surface area contributed by atoms with Crippen LogP contribution in [0.5, 0.6) is 0 Å². The molecule has 0 atom stereocenters. The average molecular weight is 378 g/mol. The topological polar surface area (TPSA) is 75.5 Å². The van der Waals surface area contributed by atoms with Gasteiger partial charge in [0.15, 0.2) is 0 Å². The van der Waals surface area contributed by atoms with Gasteiger partial charge in [-0.25, -0.2) is 4.39 Å². The number of carbonyl (C=O) groups excluding carboxylic acids is 1. The standard InChI is InChI=1S/C18H17ClFN3O3/c19-13-3-8-17(23(25)26)16(9-13)21-18(24)11-22(15-6-7-15)10-12-1-4-14(20)5-2-12/h1-5,8-9,15H,6-7,10-11H2,(H,21,24). The molecule has 0 bridgehead atoms. The molecule has 6 nitrogen and oxygen atoms in total. The van der Waals surface area contributed by atoms with Crippen molar-refractivity contribution < 1.29 is 14.1 Å². The van der Waals surface area contributed by atoms with Crippen molar-refractivity contribution in [3.63, 3.8) is 0 Å². The van der Waals surface area contributed by atoms with Crippen LogP contribution in [0.2, 0.25) is 5.02 Å². The number of hydrogen-bond acceptors (Lipinski definition) is 4. The van der Waals surface area contributed by atoms with E-state index in [9.17, 15) is 19.3 Å². The molecule has 0 aromatic heterocycles. The normalized spacial score (nSPS) is 13.7. The second-order valence-corrected chi connectivity index (χ2v) is 6.67. The number of nitro groups is 1. The molecule has 8 heteroatoms. The predicted molar refractivity (Wildman–Crippen MR) is 96.6 cm³/mol. The van der Waals surface area contributed by atoms with Crippen molar-refractivity contribution in [2.24, 2.45) is 0 Å². The van der Waals surface area contributed by atoms with Crippen LogP contribution >= 0.6 is 11.6 Å². The molecule has 0 unspecified atom stereocenters. The number of nitrogens with one attached hydrogen (secondary N) is 1. The number of rotatable bonds is 7. The average Bonchev–Trinajstić information content (AvgIpc) is 3.41. The minimum absolute atomic E-state index is 0.0741. The molecule has 0 saturated heterocycles. The Hall–Kier alpha value is -2.51. The van der Waals surface area contributed by atoms with Gasteiger partial charge in [0.2, 0.25) is 5.91 Å². The third-order valence-corrected chi connectivity index (χ3v) is 4.37. The van der Waals surface area contributed by atoms with E-state index in [2.05, 4.69) is 5.32 Å². The Morgan fingerprint density at radius 2 is 1.96 bits per heavy atom. The molecule has 0 radical (unpaired) electrons. The van der Waals surface area contributed by atoms with E-state index in [1.807, 2.05) is 4.90 Å². The van der Waals surface area contributed by atoms with E-state index in [4.69, 9.17) is 11.6 Å². The molecule has 136 valence electrons. The van der Waals surface area contributed by atoms with Gasteiger partial charge >= 0.3 is 0 Å². The van der Waals surface area contributed by atoms with Crippen LogP contribution in [0.1, 0.15) is 18.4 Å². The van der Waals surface area contributed by atoms with E-state index in [-0.39, 0.29) is 29.6 Å². The van der Waals surface area contributed by atoms with E-state index in [0.29, 0.717) is 17.6 Å². The van der Waals surface area contributed by atoms with Crippen molar-refractivity contribution in [3.05, 3.63) is 69.0 Å². The molecule has 2 aromatic rings. The lowest BCUT2D eigenvalue weighted by Gasteiger charge is -2.21. The molecule has 1 N–H and O–H groups in total. The lowest BCUT2D eigenvalue weighted by molar-refractivity contribution is -0.383. The first-order chi connectivity index (χ1) is 12.4. The lowest BCUT2D eigenvalue weighted by atomic mass is 10.2. The lowest BCUT2D eigenvalue weighted by Crippen LogP contribution is -2.34. The molecule has 26 heavy (non-hydrogen) atoms. The number of nitrogens with zero attached hydrogens (tertiary/aromatic N) is 2. The first kappa shape index (κ1) is 18.3. The quantitative estimate of drug-likeness (QED) is 0.584. The van der Waals surface area contributed by atoms with Crippen LogP contribution in [0.3, 0.4) is 0 Å². The molecular weight excluding hydrogens is 361 g/mol. The van der Waals surface area contributed by atoms with Crippen LogP contribution in [-0.4, -0.2) is 28.3 Å². The number of benzene rings is 2. The van der Waals surface area contributed by atoms with Crippen LogP contribution in [0.25, 0.3) is 0 Å². The molecule has 3 rings (SSSR count). The first-order valence-electron chi connectivity index (χ1n) is 8.14. The van der Waals surface area contributed by atoms with E-state index in [1.165, 1.54) is 30.3 Å². The van der Waals surface area contributed by atoms with Gasteiger partial charge < -0.3 is 5.32 Å². The van der Waals surface area contributed by atoms with Gasteiger partial charge in [-0.15, -0.1) is 0 Å². The van der Waals surface area contributed by atoms with Gasteiger partial charge in [0.25, 0.3) is 5.69 Å². The summed E-state index contributed by atoms with van der Waals surface area (Å²) >= 11 is 5.88. The molecule has 2 aromatic carbocycles. The summed E-state index contributed by atoms with van der Waals surface area (Å²) in [5.41, 5.74) is 0.768. The van der Waals surface area contributed by atoms with Crippen molar-refractivity contribution >= 4 is 28.9 Å². The largest absolute Gasteiger partial charge is 0.319 e. The summed E-state index contributed by atoms with van der Waals surface area (Å²) < 4.78 is 13.0. The van der Waals surface area contributed by atoms with Gasteiger partial charge in [-0.05, 0) is 42.7 Å². The first-order valence-corrected chi connectivity index (χ1v) is 8.52. The molecule has 1 aliphatic rings. The van der Waals surface area contributed by atoms with Crippen LogP contribution in [0.15, 0.2) is 42.5 Å². The highest BCUT2D eigenvalue weighted by Gasteiger charge is 2.30. The Morgan fingerprint density at radius 3 is 2.58 bits per heavy atom. The molecule has 0 heterocycles. The van der Waals surface area contributed by atoms with Crippen LogP contribution < -0.4 is 5.32 Å². The summed E-state index contributed by atoms with van der Waals surface area (Å²) in [5.74, 6) is -0.665. The van der Waals surface area contributed by atoms with Crippen LogP contribution in [-0.2, 0) is 11.3 Å². The molecule has 1 saturated carbocycles. The second kappa shape index (κ2) is 7.80. The summed E-state index contributed by atoms with van der Waals surface area (Å²) in [4.78, 5) is 24.9. The fourth-order valence-electron chi connectivity index (χ4n) is 2.72. The number of carbonyl (C=O) groups is 1. The van der Waals surface area contributed by atoms with Crippen molar-refractivity contribution in [1.29, 1.82) is 0 Å². The summed E-state index contributed by atoms with van der Waals surface area (Å²) in [6.45, 7) is 0.599. The van der Waals surface area contributed by atoms with Crippen molar-refractivity contribution in [1.82, 2.24) is 4.90 Å². The minimum Gasteiger partial charge on any atom is -0.319 e. The van der Waals surface area contributed by atoms with Crippen molar-refractivity contribution in [2.45, 2.75) is 25.4 Å². The molecule has 1 fully saturated rings. The summed E-state index contributed by atoms with van der Waals surface area (Å²) in [6.07, 6.45) is 1.98. The Labute approximate surface area is 154 Å². The van der Waals surface area contributed by atoms with E-state index in [0.717, 1.165) is 18.4 Å². The number of amides is 1. The number of anilines is 1. The third-order valence-electron chi connectivity index (χ3n) is 4.14. The summed E-state index contributed by atoms with van der Waals surface area (Å²) in [6, 6.07) is 10.5. The third kappa shape index (κ3) is 4.77. The Balaban J connectivity index is 1.68. The fourth-order valence-corrected chi connectivity index (χ4v) is 2.89. The molecular formula is C18H17ClFN3O3. The number of halogens is 2.